The third-order valence-electron chi connectivity index (χ3n) is 2.40. The van der Waals surface area contributed by atoms with E-state index < -0.39 is 0 Å². The molecule has 0 bridgehead atoms. The van der Waals surface area contributed by atoms with Gasteiger partial charge in [-0.1, -0.05) is 0 Å². The standard InChI is InChI=1S/C12H13N3O2/c1-8-7-13-15-11(8)12(16)14-9-3-5-10(17-2)6-4-9/h3-7H,1-2H3,(H,13,15)(H,14,16). The highest BCUT2D eigenvalue weighted by Crippen LogP contribution is 2.16. The second-order valence-corrected chi connectivity index (χ2v) is 3.61. The average Bonchev–Trinajstić information content (AvgIpc) is 2.76. The Kier molecular flexibility index (Phi) is 3.09. The normalized spacial score (nSPS) is 10.0. The van der Waals surface area contributed by atoms with Crippen LogP contribution in [-0.2, 0) is 0 Å². The lowest BCUT2D eigenvalue weighted by Gasteiger charge is -2.05. The molecule has 2 rings (SSSR count). The summed E-state index contributed by atoms with van der Waals surface area (Å²) in [5.74, 6) is 0.547. The number of carbonyl (C=O) groups excluding carboxylic acids is 1. The van der Waals surface area contributed by atoms with Crippen LogP contribution in [0.4, 0.5) is 5.69 Å². The molecule has 1 amide bonds. The number of aryl methyl sites for hydroxylation is 1. The lowest BCUT2D eigenvalue weighted by atomic mass is 10.2. The van der Waals surface area contributed by atoms with Gasteiger partial charge in [-0.25, -0.2) is 0 Å². The second kappa shape index (κ2) is 4.69. The van der Waals surface area contributed by atoms with Gasteiger partial charge in [-0.15, -0.1) is 0 Å². The molecule has 0 spiro atoms. The number of aromatic amines is 1. The fraction of sp³-hybridized carbons (Fsp3) is 0.167. The first-order valence-corrected chi connectivity index (χ1v) is 5.16. The molecule has 0 atom stereocenters. The summed E-state index contributed by atoms with van der Waals surface area (Å²) in [7, 11) is 1.60. The van der Waals surface area contributed by atoms with E-state index in [-0.39, 0.29) is 5.91 Å². The van der Waals surface area contributed by atoms with Crippen LogP contribution in [0, 0.1) is 6.92 Å². The molecular formula is C12H13N3O2. The predicted octanol–water partition coefficient (Wildman–Crippen LogP) is 1.98. The number of benzene rings is 1. The van der Waals surface area contributed by atoms with Gasteiger partial charge in [0, 0.05) is 5.69 Å². The third-order valence-corrected chi connectivity index (χ3v) is 2.40. The first kappa shape index (κ1) is 11.2. The molecule has 0 unspecified atom stereocenters. The van der Waals surface area contributed by atoms with Crippen molar-refractivity contribution in [2.45, 2.75) is 6.92 Å². The van der Waals surface area contributed by atoms with Gasteiger partial charge in [-0.3, -0.25) is 9.89 Å². The Hall–Kier alpha value is -2.30. The number of nitrogens with zero attached hydrogens (tertiary/aromatic N) is 1. The Bertz CT molecular complexity index is 517. The predicted molar refractivity (Wildman–Crippen MR) is 64.3 cm³/mol. The average molecular weight is 231 g/mol. The van der Waals surface area contributed by atoms with E-state index in [1.165, 1.54) is 0 Å². The maximum absolute atomic E-state index is 11.8. The fourth-order valence-corrected chi connectivity index (χ4v) is 1.44. The van der Waals surface area contributed by atoms with Crippen molar-refractivity contribution in [1.82, 2.24) is 10.2 Å². The number of carbonyl (C=O) groups is 1. The van der Waals surface area contributed by atoms with Gasteiger partial charge in [0.15, 0.2) is 0 Å². The molecule has 2 N–H and O–H groups in total. The van der Waals surface area contributed by atoms with Gasteiger partial charge in [0.05, 0.1) is 13.3 Å². The van der Waals surface area contributed by atoms with Crippen molar-refractivity contribution in [3.63, 3.8) is 0 Å². The van der Waals surface area contributed by atoms with Crippen molar-refractivity contribution in [3.05, 3.63) is 41.7 Å². The number of hydrogen-bond donors (Lipinski definition) is 2. The quantitative estimate of drug-likeness (QED) is 0.848. The third kappa shape index (κ3) is 2.44. The molecule has 1 aromatic heterocycles. The lowest BCUT2D eigenvalue weighted by Crippen LogP contribution is -2.13. The van der Waals surface area contributed by atoms with Crippen LogP contribution in [0.3, 0.4) is 0 Å². The van der Waals surface area contributed by atoms with Crippen LogP contribution in [0.15, 0.2) is 30.5 Å². The largest absolute Gasteiger partial charge is 0.497 e. The van der Waals surface area contributed by atoms with Crippen LogP contribution in [0.5, 0.6) is 5.75 Å². The number of methoxy groups -OCH3 is 1. The van der Waals surface area contributed by atoms with Crippen LogP contribution in [0.2, 0.25) is 0 Å². The van der Waals surface area contributed by atoms with Crippen molar-refractivity contribution >= 4 is 11.6 Å². The molecule has 0 aliphatic heterocycles. The van der Waals surface area contributed by atoms with E-state index in [4.69, 9.17) is 4.74 Å². The summed E-state index contributed by atoms with van der Waals surface area (Å²) in [5, 5.41) is 9.24. The monoisotopic (exact) mass is 231 g/mol. The fourth-order valence-electron chi connectivity index (χ4n) is 1.44. The minimum atomic E-state index is -0.204. The van der Waals surface area contributed by atoms with Crippen LogP contribution in [0.25, 0.3) is 0 Å². The molecule has 5 heteroatoms. The zero-order valence-electron chi connectivity index (χ0n) is 9.65. The second-order valence-electron chi connectivity index (χ2n) is 3.61. The van der Waals surface area contributed by atoms with E-state index in [1.54, 1.807) is 37.6 Å². The number of aromatic nitrogens is 2. The summed E-state index contributed by atoms with van der Waals surface area (Å²) in [6, 6.07) is 7.13. The summed E-state index contributed by atoms with van der Waals surface area (Å²) in [5.41, 5.74) is 2.00. The molecule has 0 aliphatic carbocycles. The zero-order chi connectivity index (χ0) is 12.3. The summed E-state index contributed by atoms with van der Waals surface area (Å²) in [6.45, 7) is 1.83. The first-order chi connectivity index (χ1) is 8.20. The summed E-state index contributed by atoms with van der Waals surface area (Å²) in [4.78, 5) is 11.8. The van der Waals surface area contributed by atoms with Crippen LogP contribution < -0.4 is 10.1 Å². The van der Waals surface area contributed by atoms with Crippen molar-refractivity contribution in [1.29, 1.82) is 0 Å². The van der Waals surface area contributed by atoms with E-state index in [0.717, 1.165) is 11.3 Å². The Balaban J connectivity index is 2.10. The van der Waals surface area contributed by atoms with Gasteiger partial charge >= 0.3 is 0 Å². The van der Waals surface area contributed by atoms with Crippen molar-refractivity contribution in [2.24, 2.45) is 0 Å². The molecule has 0 aliphatic rings. The minimum absolute atomic E-state index is 0.204. The number of amides is 1. The van der Waals surface area contributed by atoms with E-state index in [0.29, 0.717) is 11.4 Å². The molecule has 17 heavy (non-hydrogen) atoms. The molecule has 0 radical (unpaired) electrons. The van der Waals surface area contributed by atoms with Crippen molar-refractivity contribution in [3.8, 4) is 5.75 Å². The summed E-state index contributed by atoms with van der Waals surface area (Å²) >= 11 is 0. The highest BCUT2D eigenvalue weighted by atomic mass is 16.5. The van der Waals surface area contributed by atoms with Gasteiger partial charge in [0.2, 0.25) is 0 Å². The smallest absolute Gasteiger partial charge is 0.273 e. The Labute approximate surface area is 98.8 Å². The number of nitrogens with one attached hydrogen (secondary N) is 2. The Morgan fingerprint density at radius 1 is 1.35 bits per heavy atom. The molecule has 1 heterocycles. The maximum Gasteiger partial charge on any atom is 0.273 e. The highest BCUT2D eigenvalue weighted by Gasteiger charge is 2.10. The van der Waals surface area contributed by atoms with Gasteiger partial charge in [0.1, 0.15) is 11.4 Å². The number of ether oxygens (including phenoxy) is 1. The van der Waals surface area contributed by atoms with E-state index in [1.807, 2.05) is 6.92 Å². The van der Waals surface area contributed by atoms with Crippen LogP contribution in [-0.4, -0.2) is 23.2 Å². The van der Waals surface area contributed by atoms with Crippen molar-refractivity contribution < 1.29 is 9.53 Å². The van der Waals surface area contributed by atoms with E-state index in [9.17, 15) is 4.79 Å². The molecule has 0 fully saturated rings. The molecule has 5 nitrogen and oxygen atoms in total. The zero-order valence-corrected chi connectivity index (χ0v) is 9.65. The Morgan fingerprint density at radius 2 is 2.06 bits per heavy atom. The van der Waals surface area contributed by atoms with Gasteiger partial charge < -0.3 is 10.1 Å². The first-order valence-electron chi connectivity index (χ1n) is 5.16. The molecule has 1 aromatic carbocycles. The number of rotatable bonds is 3. The van der Waals surface area contributed by atoms with Crippen LogP contribution >= 0.6 is 0 Å². The lowest BCUT2D eigenvalue weighted by molar-refractivity contribution is 0.102. The highest BCUT2D eigenvalue weighted by molar-refractivity contribution is 6.03. The van der Waals surface area contributed by atoms with Gasteiger partial charge in [0.25, 0.3) is 5.91 Å². The SMILES string of the molecule is COc1ccc(NC(=O)c2[nH]ncc2C)cc1. The van der Waals surface area contributed by atoms with E-state index >= 15 is 0 Å². The number of anilines is 1. The minimum Gasteiger partial charge on any atom is -0.497 e. The van der Waals surface area contributed by atoms with Crippen molar-refractivity contribution in [2.75, 3.05) is 12.4 Å². The van der Waals surface area contributed by atoms with Crippen LogP contribution in [0.1, 0.15) is 16.1 Å². The van der Waals surface area contributed by atoms with E-state index in [2.05, 4.69) is 15.5 Å². The topological polar surface area (TPSA) is 67.0 Å². The maximum atomic E-state index is 11.8. The number of hydrogen-bond acceptors (Lipinski definition) is 3. The summed E-state index contributed by atoms with van der Waals surface area (Å²) < 4.78 is 5.04. The Morgan fingerprint density at radius 3 is 2.59 bits per heavy atom. The molecular weight excluding hydrogens is 218 g/mol. The molecule has 88 valence electrons. The molecule has 2 aromatic rings. The molecule has 0 saturated carbocycles. The van der Waals surface area contributed by atoms with Gasteiger partial charge in [-0.2, -0.15) is 5.10 Å². The summed E-state index contributed by atoms with van der Waals surface area (Å²) in [6.07, 6.45) is 1.61. The molecule has 0 saturated heterocycles. The van der Waals surface area contributed by atoms with Gasteiger partial charge in [-0.05, 0) is 36.8 Å². The number of H-pyrrole nitrogens is 1.